The minimum absolute atomic E-state index is 0.0258. The highest BCUT2D eigenvalue weighted by atomic mass is 16.3. The smallest absolute Gasteiger partial charge is 0.190 e. The van der Waals surface area contributed by atoms with Crippen molar-refractivity contribution in [2.45, 2.75) is 70.2 Å². The van der Waals surface area contributed by atoms with Crippen molar-refractivity contribution in [2.24, 2.45) is 22.7 Å². The summed E-state index contributed by atoms with van der Waals surface area (Å²) in [6.07, 6.45) is 6.80. The average Bonchev–Trinajstić information content (AvgIpc) is 2.86. The number of Topliss-reactive ketones (excluding diaryl/α,β-unsaturated/α-hetero) is 1. The van der Waals surface area contributed by atoms with Crippen LogP contribution in [0.5, 0.6) is 0 Å². The lowest BCUT2D eigenvalue weighted by molar-refractivity contribution is -0.162. The second-order valence-corrected chi connectivity index (χ2v) is 9.37. The van der Waals surface area contributed by atoms with Gasteiger partial charge in [0, 0.05) is 11.3 Å². The Kier molecular flexibility index (Phi) is 4.05. The largest absolute Gasteiger partial charge is 0.393 e. The zero-order valence-electron chi connectivity index (χ0n) is 15.6. The van der Waals surface area contributed by atoms with Crippen LogP contribution >= 0.6 is 0 Å². The van der Waals surface area contributed by atoms with E-state index in [0.717, 1.165) is 18.4 Å². The molecule has 5 nitrogen and oxygen atoms in total. The second-order valence-electron chi connectivity index (χ2n) is 9.37. The van der Waals surface area contributed by atoms with Crippen LogP contribution in [-0.4, -0.2) is 50.6 Å². The highest BCUT2D eigenvalue weighted by molar-refractivity contribution is 5.89. The molecule has 0 radical (unpaired) electrons. The summed E-state index contributed by atoms with van der Waals surface area (Å²) in [6.45, 7) is 3.41. The Hall–Kier alpha value is -1.01. The molecular weight excluding hydrogens is 332 g/mol. The molecule has 0 spiro atoms. The first-order chi connectivity index (χ1) is 12.2. The average molecular weight is 362 g/mol. The normalized spacial score (nSPS) is 50.2. The van der Waals surface area contributed by atoms with E-state index >= 15 is 0 Å². The minimum atomic E-state index is -1.58. The van der Waals surface area contributed by atoms with E-state index in [1.54, 1.807) is 0 Å². The molecule has 0 aromatic heterocycles. The van der Waals surface area contributed by atoms with E-state index in [-0.39, 0.29) is 23.4 Å². The maximum atomic E-state index is 12.3. The van der Waals surface area contributed by atoms with Gasteiger partial charge in [-0.05, 0) is 49.9 Å². The maximum Gasteiger partial charge on any atom is 0.190 e. The molecule has 0 aromatic carbocycles. The molecule has 4 aliphatic rings. The van der Waals surface area contributed by atoms with Crippen LogP contribution in [0.4, 0.5) is 0 Å². The lowest BCUT2D eigenvalue weighted by Crippen LogP contribution is -2.59. The van der Waals surface area contributed by atoms with E-state index in [1.165, 1.54) is 5.57 Å². The van der Waals surface area contributed by atoms with Gasteiger partial charge in [0.25, 0.3) is 0 Å². The fourth-order valence-corrected chi connectivity index (χ4v) is 6.71. The van der Waals surface area contributed by atoms with Crippen LogP contribution in [0.1, 0.15) is 52.4 Å². The number of aliphatic hydroxyl groups is 4. The van der Waals surface area contributed by atoms with Crippen molar-refractivity contribution in [3.8, 4) is 0 Å². The summed E-state index contributed by atoms with van der Waals surface area (Å²) in [6, 6.07) is 0. The number of fused-ring (bicyclic) bond motifs is 5. The predicted molar refractivity (Wildman–Crippen MR) is 96.1 cm³/mol. The molecule has 4 rings (SSSR count). The van der Waals surface area contributed by atoms with Gasteiger partial charge in [-0.15, -0.1) is 0 Å². The van der Waals surface area contributed by atoms with Gasteiger partial charge >= 0.3 is 0 Å². The monoisotopic (exact) mass is 362 g/mol. The van der Waals surface area contributed by atoms with Crippen molar-refractivity contribution in [1.82, 2.24) is 0 Å². The highest BCUT2D eigenvalue weighted by Crippen LogP contribution is 2.65. The fraction of sp³-hybridized carbons (Fsp3) is 0.762. The van der Waals surface area contributed by atoms with Crippen LogP contribution in [0.15, 0.2) is 23.3 Å². The van der Waals surface area contributed by atoms with Gasteiger partial charge in [0.15, 0.2) is 5.78 Å². The van der Waals surface area contributed by atoms with Crippen molar-refractivity contribution in [3.63, 3.8) is 0 Å². The molecule has 4 aliphatic carbocycles. The standard InChI is InChI=1S/C21H30O5/c1-19-7-5-13(23)9-12(19)3-4-14-15-6-8-21(26,17(25)11-22)20(15,2)10-16(24)18(14)19/h3-4,13,15-16,18,22-24,26H,5-11H2,1-2H3/t13?,15-,16?,18+,19-,20-,21-/m0/s1. The quantitative estimate of drug-likeness (QED) is 0.597. The van der Waals surface area contributed by atoms with Crippen LogP contribution in [0.25, 0.3) is 0 Å². The summed E-state index contributed by atoms with van der Waals surface area (Å²) >= 11 is 0. The molecule has 4 N–H and O–H groups in total. The Labute approximate surface area is 154 Å². The zero-order chi connectivity index (χ0) is 18.9. The molecule has 0 amide bonds. The molecule has 7 atom stereocenters. The van der Waals surface area contributed by atoms with Crippen molar-refractivity contribution in [3.05, 3.63) is 23.3 Å². The summed E-state index contributed by atoms with van der Waals surface area (Å²) in [7, 11) is 0. The van der Waals surface area contributed by atoms with Crippen LogP contribution in [0.3, 0.4) is 0 Å². The van der Waals surface area contributed by atoms with E-state index in [0.29, 0.717) is 25.7 Å². The number of aliphatic hydroxyl groups excluding tert-OH is 3. The van der Waals surface area contributed by atoms with Crippen LogP contribution < -0.4 is 0 Å². The Bertz CT molecular complexity index is 697. The van der Waals surface area contributed by atoms with Gasteiger partial charge in [0.05, 0.1) is 12.2 Å². The van der Waals surface area contributed by atoms with E-state index < -0.39 is 29.5 Å². The third-order valence-corrected chi connectivity index (χ3v) is 8.24. The summed E-state index contributed by atoms with van der Waals surface area (Å²) in [5, 5.41) is 41.7. The molecule has 0 aliphatic heterocycles. The Balaban J connectivity index is 1.78. The van der Waals surface area contributed by atoms with Gasteiger partial charge in [-0.25, -0.2) is 0 Å². The molecule has 0 heterocycles. The molecule has 0 aromatic rings. The molecule has 3 fully saturated rings. The van der Waals surface area contributed by atoms with Crippen LogP contribution in [-0.2, 0) is 4.79 Å². The number of allylic oxidation sites excluding steroid dienone is 2. The van der Waals surface area contributed by atoms with Crippen molar-refractivity contribution < 1.29 is 25.2 Å². The summed E-state index contributed by atoms with van der Waals surface area (Å²) < 4.78 is 0. The van der Waals surface area contributed by atoms with Crippen molar-refractivity contribution in [1.29, 1.82) is 0 Å². The van der Waals surface area contributed by atoms with Gasteiger partial charge in [0.1, 0.15) is 12.2 Å². The summed E-state index contributed by atoms with van der Waals surface area (Å²) in [5.74, 6) is -0.537. The zero-order valence-corrected chi connectivity index (χ0v) is 15.6. The van der Waals surface area contributed by atoms with Crippen molar-refractivity contribution >= 4 is 5.78 Å². The second kappa shape index (κ2) is 5.74. The van der Waals surface area contributed by atoms with Gasteiger partial charge in [-0.2, -0.15) is 0 Å². The first-order valence-corrected chi connectivity index (χ1v) is 9.81. The van der Waals surface area contributed by atoms with E-state index in [2.05, 4.69) is 19.1 Å². The third-order valence-electron chi connectivity index (χ3n) is 8.24. The van der Waals surface area contributed by atoms with Crippen LogP contribution in [0, 0.1) is 22.7 Å². The first kappa shape index (κ1) is 18.4. The summed E-state index contributed by atoms with van der Waals surface area (Å²) in [4.78, 5) is 12.3. The van der Waals surface area contributed by atoms with Gasteiger partial charge in [0.2, 0.25) is 0 Å². The predicted octanol–water partition coefficient (Wildman–Crippen LogP) is 1.49. The Morgan fingerprint density at radius 1 is 1.19 bits per heavy atom. The number of ketones is 1. The molecule has 3 saturated carbocycles. The number of hydrogen-bond acceptors (Lipinski definition) is 5. The van der Waals surface area contributed by atoms with Crippen LogP contribution in [0.2, 0.25) is 0 Å². The molecule has 0 bridgehead atoms. The van der Waals surface area contributed by atoms with Gasteiger partial charge < -0.3 is 20.4 Å². The maximum absolute atomic E-state index is 12.3. The van der Waals surface area contributed by atoms with E-state index in [1.807, 2.05) is 6.92 Å². The SMILES string of the molecule is C[C@]12CCC(O)CC1=CC=C1[C@@H]2C(O)C[C@@]2(C)[C@H]1CC[C@]2(O)C(=O)CO. The van der Waals surface area contributed by atoms with Gasteiger partial charge in [-0.3, -0.25) is 4.79 Å². The number of carbonyl (C=O) groups is 1. The van der Waals surface area contributed by atoms with E-state index in [4.69, 9.17) is 0 Å². The highest BCUT2D eigenvalue weighted by Gasteiger charge is 2.66. The minimum Gasteiger partial charge on any atom is -0.393 e. The number of hydrogen-bond donors (Lipinski definition) is 4. The summed E-state index contributed by atoms with van der Waals surface area (Å²) in [5.41, 5.74) is -0.175. The van der Waals surface area contributed by atoms with Crippen molar-refractivity contribution in [2.75, 3.05) is 6.61 Å². The fourth-order valence-electron chi connectivity index (χ4n) is 6.71. The molecule has 144 valence electrons. The Morgan fingerprint density at radius 2 is 1.92 bits per heavy atom. The first-order valence-electron chi connectivity index (χ1n) is 9.81. The number of rotatable bonds is 2. The third kappa shape index (κ3) is 2.15. The molecule has 2 unspecified atom stereocenters. The van der Waals surface area contributed by atoms with Gasteiger partial charge in [-0.1, -0.05) is 37.1 Å². The molecular formula is C21H30O5. The van der Waals surface area contributed by atoms with E-state index in [9.17, 15) is 25.2 Å². The molecule has 5 heteroatoms. The topological polar surface area (TPSA) is 98.0 Å². The lowest BCUT2D eigenvalue weighted by atomic mass is 9.49. The molecule has 26 heavy (non-hydrogen) atoms. The Morgan fingerprint density at radius 3 is 2.62 bits per heavy atom. The number of carbonyl (C=O) groups excluding carboxylic acids is 1. The molecule has 0 saturated heterocycles. The lowest BCUT2D eigenvalue weighted by Gasteiger charge is -2.57.